The second-order valence-corrected chi connectivity index (χ2v) is 8.77. The minimum absolute atomic E-state index is 0.00459. The summed E-state index contributed by atoms with van der Waals surface area (Å²) in [6, 6.07) is 13.3. The zero-order chi connectivity index (χ0) is 22.3. The van der Waals surface area contributed by atoms with Crippen LogP contribution in [0.1, 0.15) is 50.5 Å². The van der Waals surface area contributed by atoms with E-state index in [0.29, 0.717) is 42.6 Å². The molecule has 6 nitrogen and oxygen atoms in total. The van der Waals surface area contributed by atoms with Gasteiger partial charge in [-0.25, -0.2) is 0 Å². The van der Waals surface area contributed by atoms with E-state index in [9.17, 15) is 9.59 Å². The molecule has 1 fully saturated rings. The van der Waals surface area contributed by atoms with Crippen molar-refractivity contribution in [3.05, 3.63) is 48.0 Å². The minimum atomic E-state index is -0.120. The van der Waals surface area contributed by atoms with Gasteiger partial charge in [0, 0.05) is 12.1 Å². The summed E-state index contributed by atoms with van der Waals surface area (Å²) in [4.78, 5) is 26.7. The van der Waals surface area contributed by atoms with E-state index in [2.05, 4.69) is 5.32 Å². The molecule has 2 amide bonds. The van der Waals surface area contributed by atoms with Crippen LogP contribution in [0.4, 0.5) is 11.4 Å². The highest BCUT2D eigenvalue weighted by Gasteiger charge is 2.26. The van der Waals surface area contributed by atoms with E-state index in [-0.39, 0.29) is 18.4 Å². The first-order valence-electron chi connectivity index (χ1n) is 11.6. The smallest absolute Gasteiger partial charge is 0.265 e. The molecule has 1 N–H and O–H groups in total. The predicted octanol–water partition coefficient (Wildman–Crippen LogP) is 5.10. The lowest BCUT2D eigenvalue weighted by atomic mass is 9.86. The number of carbonyl (C=O) groups is 2. The summed E-state index contributed by atoms with van der Waals surface area (Å²) < 4.78 is 11.4. The summed E-state index contributed by atoms with van der Waals surface area (Å²) >= 11 is 0. The van der Waals surface area contributed by atoms with Crippen LogP contribution in [0.25, 0.3) is 0 Å². The molecule has 0 atom stereocenters. The highest BCUT2D eigenvalue weighted by Crippen LogP contribution is 2.35. The maximum atomic E-state index is 12.5. The van der Waals surface area contributed by atoms with Crippen LogP contribution >= 0.6 is 0 Å². The fraction of sp³-hybridized carbons (Fsp3) is 0.462. The monoisotopic (exact) mass is 436 g/mol. The van der Waals surface area contributed by atoms with E-state index < -0.39 is 0 Å². The van der Waals surface area contributed by atoms with Gasteiger partial charge in [0.15, 0.2) is 6.61 Å². The van der Waals surface area contributed by atoms with E-state index in [1.165, 1.54) is 37.7 Å². The molecule has 0 spiro atoms. The molecule has 1 saturated carbocycles. The molecule has 0 saturated heterocycles. The molecular formula is C26H32N2O4. The Labute approximate surface area is 189 Å². The van der Waals surface area contributed by atoms with Crippen LogP contribution in [0.2, 0.25) is 0 Å². The summed E-state index contributed by atoms with van der Waals surface area (Å²) in [6.45, 7) is 2.80. The summed E-state index contributed by atoms with van der Waals surface area (Å²) in [5, 5.41) is 2.99. The Morgan fingerprint density at radius 3 is 2.69 bits per heavy atom. The second kappa shape index (κ2) is 10.5. The first kappa shape index (κ1) is 22.2. The summed E-state index contributed by atoms with van der Waals surface area (Å²) in [5.74, 6) is 1.99. The van der Waals surface area contributed by atoms with Crippen molar-refractivity contribution in [3.8, 4) is 11.5 Å². The van der Waals surface area contributed by atoms with Crippen LogP contribution in [0, 0.1) is 12.8 Å². The standard InChI is InChI=1S/C26H32N2O4/c1-19-7-11-22(12-8-19)31-16-15-28-23-17-21(10-13-24(23)32-18-26(28)30)27-25(29)14-9-20-5-3-2-4-6-20/h7-8,10-13,17,20H,2-6,9,14-16,18H2,1H3,(H,27,29). The third kappa shape index (κ3) is 5.81. The number of aryl methyl sites for hydroxylation is 1. The average molecular weight is 437 g/mol. The number of anilines is 2. The Bertz CT molecular complexity index is 935. The molecule has 0 unspecified atom stereocenters. The highest BCUT2D eigenvalue weighted by molar-refractivity contribution is 5.99. The van der Waals surface area contributed by atoms with Gasteiger partial charge in [-0.3, -0.25) is 9.59 Å². The van der Waals surface area contributed by atoms with Crippen molar-refractivity contribution in [1.82, 2.24) is 0 Å². The fourth-order valence-electron chi connectivity index (χ4n) is 4.45. The van der Waals surface area contributed by atoms with Gasteiger partial charge in [-0.1, -0.05) is 49.8 Å². The maximum Gasteiger partial charge on any atom is 0.265 e. The number of carbonyl (C=O) groups excluding carboxylic acids is 2. The largest absolute Gasteiger partial charge is 0.492 e. The minimum Gasteiger partial charge on any atom is -0.492 e. The molecule has 32 heavy (non-hydrogen) atoms. The van der Waals surface area contributed by atoms with Crippen molar-refractivity contribution in [2.45, 2.75) is 51.9 Å². The van der Waals surface area contributed by atoms with Crippen molar-refractivity contribution in [2.24, 2.45) is 5.92 Å². The van der Waals surface area contributed by atoms with Gasteiger partial charge >= 0.3 is 0 Å². The number of nitrogens with one attached hydrogen (secondary N) is 1. The normalized spacial score (nSPS) is 16.3. The van der Waals surface area contributed by atoms with Crippen molar-refractivity contribution >= 4 is 23.2 Å². The van der Waals surface area contributed by atoms with Crippen LogP contribution in [0.3, 0.4) is 0 Å². The number of hydrogen-bond donors (Lipinski definition) is 1. The second-order valence-electron chi connectivity index (χ2n) is 8.77. The first-order chi connectivity index (χ1) is 15.6. The van der Waals surface area contributed by atoms with Gasteiger partial charge in [0.1, 0.15) is 18.1 Å². The molecule has 0 aromatic heterocycles. The Hall–Kier alpha value is -3.02. The van der Waals surface area contributed by atoms with Crippen molar-refractivity contribution in [2.75, 3.05) is 30.0 Å². The van der Waals surface area contributed by atoms with Gasteiger partial charge in [-0.05, 0) is 49.6 Å². The summed E-state index contributed by atoms with van der Waals surface area (Å²) in [7, 11) is 0. The zero-order valence-corrected chi connectivity index (χ0v) is 18.8. The summed E-state index contributed by atoms with van der Waals surface area (Å²) in [6.07, 6.45) is 7.86. The number of rotatable bonds is 8. The average Bonchev–Trinajstić information content (AvgIpc) is 2.81. The van der Waals surface area contributed by atoms with E-state index in [1.54, 1.807) is 4.90 Å². The van der Waals surface area contributed by atoms with E-state index in [4.69, 9.17) is 9.47 Å². The SMILES string of the molecule is Cc1ccc(OCCN2C(=O)COc3ccc(NC(=O)CCC4CCCCC4)cc32)cc1. The Balaban J connectivity index is 1.35. The van der Waals surface area contributed by atoms with E-state index in [1.807, 2.05) is 49.4 Å². The van der Waals surface area contributed by atoms with Crippen LogP contribution in [-0.2, 0) is 9.59 Å². The predicted molar refractivity (Wildman–Crippen MR) is 125 cm³/mol. The molecular weight excluding hydrogens is 404 g/mol. The number of nitrogens with zero attached hydrogens (tertiary/aromatic N) is 1. The number of hydrogen-bond acceptors (Lipinski definition) is 4. The third-order valence-electron chi connectivity index (χ3n) is 6.29. The molecule has 1 aliphatic carbocycles. The number of fused-ring (bicyclic) bond motifs is 1. The van der Waals surface area contributed by atoms with Gasteiger partial charge in [-0.2, -0.15) is 0 Å². The molecule has 1 heterocycles. The third-order valence-corrected chi connectivity index (χ3v) is 6.29. The highest BCUT2D eigenvalue weighted by atomic mass is 16.5. The van der Waals surface area contributed by atoms with Gasteiger partial charge in [-0.15, -0.1) is 0 Å². The molecule has 4 rings (SSSR count). The van der Waals surface area contributed by atoms with Crippen molar-refractivity contribution < 1.29 is 19.1 Å². The van der Waals surface area contributed by atoms with Gasteiger partial charge < -0.3 is 19.7 Å². The molecule has 0 bridgehead atoms. The quantitative estimate of drug-likeness (QED) is 0.625. The maximum absolute atomic E-state index is 12.5. The van der Waals surface area contributed by atoms with Crippen molar-refractivity contribution in [1.29, 1.82) is 0 Å². The van der Waals surface area contributed by atoms with Crippen LogP contribution < -0.4 is 19.7 Å². The Kier molecular flexibility index (Phi) is 7.30. The van der Waals surface area contributed by atoms with E-state index >= 15 is 0 Å². The Morgan fingerprint density at radius 2 is 1.91 bits per heavy atom. The number of amides is 2. The molecule has 6 heteroatoms. The number of benzene rings is 2. The topological polar surface area (TPSA) is 67.9 Å². The fourth-order valence-corrected chi connectivity index (χ4v) is 4.45. The lowest BCUT2D eigenvalue weighted by Crippen LogP contribution is -2.41. The van der Waals surface area contributed by atoms with E-state index in [0.717, 1.165) is 12.2 Å². The van der Waals surface area contributed by atoms with Crippen LogP contribution in [-0.4, -0.2) is 31.6 Å². The Morgan fingerprint density at radius 1 is 1.12 bits per heavy atom. The van der Waals surface area contributed by atoms with Crippen LogP contribution in [0.5, 0.6) is 11.5 Å². The first-order valence-corrected chi connectivity index (χ1v) is 11.6. The molecule has 2 aromatic carbocycles. The molecule has 170 valence electrons. The lowest BCUT2D eigenvalue weighted by Gasteiger charge is -2.29. The van der Waals surface area contributed by atoms with Gasteiger partial charge in [0.05, 0.1) is 12.2 Å². The lowest BCUT2D eigenvalue weighted by molar-refractivity contribution is -0.121. The van der Waals surface area contributed by atoms with Crippen LogP contribution in [0.15, 0.2) is 42.5 Å². The zero-order valence-electron chi connectivity index (χ0n) is 18.8. The van der Waals surface area contributed by atoms with Crippen molar-refractivity contribution in [3.63, 3.8) is 0 Å². The van der Waals surface area contributed by atoms with Gasteiger partial charge in [0.25, 0.3) is 5.91 Å². The summed E-state index contributed by atoms with van der Waals surface area (Å²) in [5.41, 5.74) is 2.52. The molecule has 1 aliphatic heterocycles. The molecule has 2 aliphatic rings. The molecule has 2 aromatic rings. The molecule has 0 radical (unpaired) electrons. The number of ether oxygens (including phenoxy) is 2. The van der Waals surface area contributed by atoms with Gasteiger partial charge in [0.2, 0.25) is 5.91 Å².